The first-order valence-corrected chi connectivity index (χ1v) is 5.03. The summed E-state index contributed by atoms with van der Waals surface area (Å²) in [6.45, 7) is 0. The molecule has 2 N–H and O–H groups in total. The lowest BCUT2D eigenvalue weighted by Crippen LogP contribution is -2.16. The third-order valence-corrected chi connectivity index (χ3v) is 2.15. The molecule has 86 valence electrons. The molecule has 0 unspecified atom stereocenters. The van der Waals surface area contributed by atoms with Gasteiger partial charge in [-0.2, -0.15) is 5.10 Å². The highest BCUT2D eigenvalue weighted by atomic mass is 16.1. The van der Waals surface area contributed by atoms with Crippen molar-refractivity contribution in [2.24, 2.45) is 0 Å². The number of carbonyl (C=O) groups is 1. The summed E-state index contributed by atoms with van der Waals surface area (Å²) in [7, 11) is 1.76. The van der Waals surface area contributed by atoms with E-state index in [0.717, 1.165) is 5.69 Å². The largest absolute Gasteiger partial charge is 0.387 e. The number of para-hydroxylation sites is 1. The average molecular weight is 229 g/mol. The predicted molar refractivity (Wildman–Crippen MR) is 63.8 cm³/mol. The molecule has 2 aromatic rings. The predicted octanol–water partition coefficient (Wildman–Crippen LogP) is 1.17. The molecule has 0 radical (unpaired) electrons. The second-order valence-corrected chi connectivity index (χ2v) is 3.22. The molecule has 0 fully saturated rings. The van der Waals surface area contributed by atoms with Crippen LogP contribution in [0.4, 0.5) is 11.6 Å². The fourth-order valence-corrected chi connectivity index (χ4v) is 1.37. The number of rotatable bonds is 3. The Balaban J connectivity index is 2.20. The molecule has 17 heavy (non-hydrogen) atoms. The van der Waals surface area contributed by atoms with E-state index in [2.05, 4.69) is 25.8 Å². The topological polar surface area (TPSA) is 79.8 Å². The van der Waals surface area contributed by atoms with Crippen molar-refractivity contribution >= 4 is 17.5 Å². The number of nitrogens with one attached hydrogen (secondary N) is 2. The lowest BCUT2D eigenvalue weighted by atomic mass is 10.1. The lowest BCUT2D eigenvalue weighted by molar-refractivity contribution is 0.102. The van der Waals surface area contributed by atoms with E-state index in [-0.39, 0.29) is 11.9 Å². The normalized spacial score (nSPS) is 9.71. The summed E-state index contributed by atoms with van der Waals surface area (Å²) >= 11 is 0. The molecule has 0 bridgehead atoms. The molecule has 2 rings (SSSR count). The summed E-state index contributed by atoms with van der Waals surface area (Å²) in [4.78, 5) is 15.8. The highest BCUT2D eigenvalue weighted by Gasteiger charge is 2.11. The van der Waals surface area contributed by atoms with Gasteiger partial charge in [-0.25, -0.2) is 4.98 Å². The van der Waals surface area contributed by atoms with Gasteiger partial charge in [0.15, 0.2) is 0 Å². The molecule has 6 heteroatoms. The molecule has 0 aliphatic carbocycles. The van der Waals surface area contributed by atoms with Gasteiger partial charge in [-0.1, -0.05) is 12.1 Å². The van der Waals surface area contributed by atoms with Crippen molar-refractivity contribution in [2.75, 3.05) is 17.7 Å². The first-order chi connectivity index (χ1) is 8.31. The Morgan fingerprint density at radius 3 is 2.76 bits per heavy atom. The molecule has 6 nitrogen and oxygen atoms in total. The minimum absolute atomic E-state index is 0.184. The molecule has 0 spiro atoms. The SMILES string of the molecule is CNc1ccccc1C(=O)Nc1nccnn1. The van der Waals surface area contributed by atoms with Crippen molar-refractivity contribution in [2.45, 2.75) is 0 Å². The van der Waals surface area contributed by atoms with Crippen molar-refractivity contribution < 1.29 is 4.79 Å². The Hall–Kier alpha value is -2.50. The second-order valence-electron chi connectivity index (χ2n) is 3.22. The number of aromatic nitrogens is 3. The Morgan fingerprint density at radius 2 is 2.06 bits per heavy atom. The highest BCUT2D eigenvalue weighted by molar-refractivity contribution is 6.07. The summed E-state index contributed by atoms with van der Waals surface area (Å²) < 4.78 is 0. The van der Waals surface area contributed by atoms with Gasteiger partial charge in [-0.05, 0) is 12.1 Å². The van der Waals surface area contributed by atoms with Crippen LogP contribution in [-0.4, -0.2) is 28.1 Å². The molecule has 0 atom stereocenters. The summed E-state index contributed by atoms with van der Waals surface area (Å²) in [5, 5.41) is 12.8. The Bertz CT molecular complexity index is 514. The molecule has 0 aliphatic heterocycles. The fourth-order valence-electron chi connectivity index (χ4n) is 1.37. The molecule has 1 amide bonds. The van der Waals surface area contributed by atoms with Crippen LogP contribution < -0.4 is 10.6 Å². The van der Waals surface area contributed by atoms with Gasteiger partial charge >= 0.3 is 0 Å². The number of hydrogen-bond acceptors (Lipinski definition) is 5. The van der Waals surface area contributed by atoms with E-state index in [1.54, 1.807) is 19.2 Å². The van der Waals surface area contributed by atoms with Gasteiger partial charge in [0.25, 0.3) is 5.91 Å². The van der Waals surface area contributed by atoms with E-state index in [1.807, 2.05) is 12.1 Å². The maximum Gasteiger partial charge on any atom is 0.260 e. The molecule has 0 aliphatic rings. The van der Waals surface area contributed by atoms with Crippen molar-refractivity contribution in [1.29, 1.82) is 0 Å². The van der Waals surface area contributed by atoms with Crippen LogP contribution in [0.2, 0.25) is 0 Å². The van der Waals surface area contributed by atoms with Crippen molar-refractivity contribution in [1.82, 2.24) is 15.2 Å². The van der Waals surface area contributed by atoms with Crippen LogP contribution >= 0.6 is 0 Å². The summed E-state index contributed by atoms with van der Waals surface area (Å²) in [6, 6.07) is 7.18. The van der Waals surface area contributed by atoms with Crippen molar-refractivity contribution in [3.63, 3.8) is 0 Å². The Labute approximate surface area is 98.1 Å². The first-order valence-electron chi connectivity index (χ1n) is 5.03. The molecule has 1 heterocycles. The molecule has 0 saturated carbocycles. The van der Waals surface area contributed by atoms with Crippen LogP contribution in [0.15, 0.2) is 36.7 Å². The monoisotopic (exact) mass is 229 g/mol. The summed E-state index contributed by atoms with van der Waals surface area (Å²) in [5.41, 5.74) is 1.27. The van der Waals surface area contributed by atoms with Gasteiger partial charge in [0.1, 0.15) is 0 Å². The average Bonchev–Trinajstić information content (AvgIpc) is 2.40. The summed E-state index contributed by atoms with van der Waals surface area (Å²) in [5.74, 6) is -0.0913. The van der Waals surface area contributed by atoms with Crippen LogP contribution in [0.5, 0.6) is 0 Å². The second kappa shape index (κ2) is 5.02. The lowest BCUT2D eigenvalue weighted by Gasteiger charge is -2.07. The minimum Gasteiger partial charge on any atom is -0.387 e. The summed E-state index contributed by atoms with van der Waals surface area (Å²) in [6.07, 6.45) is 2.91. The molecular formula is C11H11N5O. The third-order valence-electron chi connectivity index (χ3n) is 2.15. The standard InChI is InChI=1S/C11H11N5O/c1-12-9-5-3-2-4-8(9)10(17)15-11-13-6-7-14-16-11/h2-7,12H,1H3,(H,13,15,16,17). The van der Waals surface area contributed by atoms with Crippen molar-refractivity contribution in [3.8, 4) is 0 Å². The Morgan fingerprint density at radius 1 is 1.24 bits per heavy atom. The van der Waals surface area contributed by atoms with Gasteiger partial charge in [0.05, 0.1) is 18.0 Å². The van der Waals surface area contributed by atoms with E-state index in [9.17, 15) is 4.79 Å². The van der Waals surface area contributed by atoms with Crippen molar-refractivity contribution in [3.05, 3.63) is 42.2 Å². The van der Waals surface area contributed by atoms with Gasteiger partial charge in [0, 0.05) is 12.7 Å². The van der Waals surface area contributed by atoms with Crippen LogP contribution in [0.1, 0.15) is 10.4 Å². The third kappa shape index (κ3) is 2.54. The zero-order valence-electron chi connectivity index (χ0n) is 9.21. The maximum absolute atomic E-state index is 11.9. The van der Waals surface area contributed by atoms with Gasteiger partial charge in [-0.15, -0.1) is 5.10 Å². The molecule has 1 aromatic heterocycles. The zero-order valence-corrected chi connectivity index (χ0v) is 9.21. The maximum atomic E-state index is 11.9. The number of nitrogens with zero attached hydrogens (tertiary/aromatic N) is 3. The van der Waals surface area contributed by atoms with Crippen LogP contribution in [-0.2, 0) is 0 Å². The number of amides is 1. The van der Waals surface area contributed by atoms with E-state index < -0.39 is 0 Å². The van der Waals surface area contributed by atoms with Gasteiger partial charge in [0.2, 0.25) is 5.95 Å². The molecule has 0 saturated heterocycles. The number of carbonyl (C=O) groups excluding carboxylic acids is 1. The van der Waals surface area contributed by atoms with E-state index in [4.69, 9.17) is 0 Å². The highest BCUT2D eigenvalue weighted by Crippen LogP contribution is 2.14. The van der Waals surface area contributed by atoms with E-state index in [1.165, 1.54) is 12.4 Å². The molecule has 1 aromatic carbocycles. The van der Waals surface area contributed by atoms with E-state index >= 15 is 0 Å². The van der Waals surface area contributed by atoms with Gasteiger partial charge < -0.3 is 5.32 Å². The molecular weight excluding hydrogens is 218 g/mol. The van der Waals surface area contributed by atoms with Crippen LogP contribution in [0.3, 0.4) is 0 Å². The van der Waals surface area contributed by atoms with Gasteiger partial charge in [-0.3, -0.25) is 10.1 Å². The minimum atomic E-state index is -0.275. The number of benzene rings is 1. The van der Waals surface area contributed by atoms with E-state index in [0.29, 0.717) is 5.56 Å². The Kier molecular flexibility index (Phi) is 3.25. The zero-order chi connectivity index (χ0) is 12.1. The van der Waals surface area contributed by atoms with Crippen LogP contribution in [0, 0.1) is 0 Å². The first kappa shape index (κ1) is 11.0. The number of anilines is 2. The van der Waals surface area contributed by atoms with Crippen LogP contribution in [0.25, 0.3) is 0 Å². The fraction of sp³-hybridized carbons (Fsp3) is 0.0909. The smallest absolute Gasteiger partial charge is 0.260 e. The number of hydrogen-bond donors (Lipinski definition) is 2. The quantitative estimate of drug-likeness (QED) is 0.825.